The summed E-state index contributed by atoms with van der Waals surface area (Å²) in [6.45, 7) is 7.23. The molecule has 4 heteroatoms. The fourth-order valence-corrected chi connectivity index (χ4v) is 1.82. The molecule has 0 aliphatic heterocycles. The van der Waals surface area contributed by atoms with Crippen LogP contribution in [0.15, 0.2) is 24.3 Å². The van der Waals surface area contributed by atoms with Gasteiger partial charge in [-0.25, -0.2) is 0 Å². The molecular weight excluding hydrogens is 244 g/mol. The zero-order valence-corrected chi connectivity index (χ0v) is 11.8. The highest BCUT2D eigenvalue weighted by Gasteiger charge is 2.26. The molecule has 3 unspecified atom stereocenters. The Hall–Kier alpha value is -1.55. The van der Waals surface area contributed by atoms with Gasteiger partial charge in [-0.1, -0.05) is 26.0 Å². The Morgan fingerprint density at radius 3 is 2.05 bits per heavy atom. The number of ether oxygens (including phenoxy) is 1. The zero-order chi connectivity index (χ0) is 14.6. The van der Waals surface area contributed by atoms with Crippen LogP contribution in [0.1, 0.15) is 39.4 Å². The molecule has 2 N–H and O–H groups in total. The highest BCUT2D eigenvalue weighted by molar-refractivity contribution is 5.69. The second-order valence-electron chi connectivity index (χ2n) is 5.17. The number of carboxylic acid groups (broad SMARTS) is 1. The Morgan fingerprint density at radius 2 is 1.63 bits per heavy atom. The van der Waals surface area contributed by atoms with E-state index in [-0.39, 0.29) is 12.0 Å². The Kier molecular flexibility index (Phi) is 5.36. The minimum Gasteiger partial charge on any atom is -0.491 e. The minimum atomic E-state index is -0.897. The molecule has 3 atom stereocenters. The standard InChI is InChI=1S/C15H22O4/c1-9(2)19-13-7-5-12(6-8-13)14(16)10(3)11(4)15(17)18/h5-11,14,16H,1-4H3,(H,17,18). The molecule has 19 heavy (non-hydrogen) atoms. The van der Waals surface area contributed by atoms with Crippen molar-refractivity contribution in [2.45, 2.75) is 39.9 Å². The van der Waals surface area contributed by atoms with Crippen LogP contribution >= 0.6 is 0 Å². The summed E-state index contributed by atoms with van der Waals surface area (Å²) in [5.41, 5.74) is 0.705. The molecule has 0 aliphatic carbocycles. The van der Waals surface area contributed by atoms with Crippen molar-refractivity contribution in [1.82, 2.24) is 0 Å². The minimum absolute atomic E-state index is 0.0988. The molecule has 0 saturated heterocycles. The number of aliphatic carboxylic acids is 1. The molecule has 0 spiro atoms. The van der Waals surface area contributed by atoms with E-state index < -0.39 is 18.0 Å². The molecule has 0 bridgehead atoms. The predicted molar refractivity (Wildman–Crippen MR) is 73.1 cm³/mol. The van der Waals surface area contributed by atoms with Crippen LogP contribution in [0.4, 0.5) is 0 Å². The van der Waals surface area contributed by atoms with Crippen LogP contribution in [-0.4, -0.2) is 22.3 Å². The van der Waals surface area contributed by atoms with Gasteiger partial charge in [0.05, 0.1) is 18.1 Å². The Morgan fingerprint density at radius 1 is 1.11 bits per heavy atom. The van der Waals surface area contributed by atoms with E-state index in [0.717, 1.165) is 5.75 Å². The summed E-state index contributed by atoms with van der Waals surface area (Å²) in [7, 11) is 0. The molecule has 1 aromatic carbocycles. The molecule has 1 aromatic rings. The molecule has 0 saturated carbocycles. The van der Waals surface area contributed by atoms with Gasteiger partial charge in [-0.3, -0.25) is 4.79 Å². The summed E-state index contributed by atoms with van der Waals surface area (Å²) in [4.78, 5) is 10.9. The molecule has 0 heterocycles. The van der Waals surface area contributed by atoms with E-state index >= 15 is 0 Å². The fraction of sp³-hybridized carbons (Fsp3) is 0.533. The van der Waals surface area contributed by atoms with Gasteiger partial charge in [0.15, 0.2) is 0 Å². The first kappa shape index (κ1) is 15.5. The van der Waals surface area contributed by atoms with Crippen LogP contribution in [0.25, 0.3) is 0 Å². The van der Waals surface area contributed by atoms with Crippen molar-refractivity contribution in [3.05, 3.63) is 29.8 Å². The van der Waals surface area contributed by atoms with Crippen molar-refractivity contribution in [3.8, 4) is 5.75 Å². The molecule has 0 fully saturated rings. The van der Waals surface area contributed by atoms with Gasteiger partial charge in [-0.2, -0.15) is 0 Å². The summed E-state index contributed by atoms with van der Waals surface area (Å²) in [5, 5.41) is 19.1. The van der Waals surface area contributed by atoms with Gasteiger partial charge < -0.3 is 14.9 Å². The lowest BCUT2D eigenvalue weighted by atomic mass is 9.87. The number of hydrogen-bond donors (Lipinski definition) is 2. The quantitative estimate of drug-likeness (QED) is 0.831. The number of carboxylic acids is 1. The second kappa shape index (κ2) is 6.57. The highest BCUT2D eigenvalue weighted by atomic mass is 16.5. The van der Waals surface area contributed by atoms with Gasteiger partial charge in [-0.05, 0) is 37.5 Å². The topological polar surface area (TPSA) is 66.8 Å². The third kappa shape index (κ3) is 4.24. The Balaban J connectivity index is 2.77. The Bertz CT molecular complexity index is 411. The van der Waals surface area contributed by atoms with E-state index in [1.807, 2.05) is 13.8 Å². The van der Waals surface area contributed by atoms with E-state index in [1.165, 1.54) is 0 Å². The number of hydrogen-bond acceptors (Lipinski definition) is 3. The maximum absolute atomic E-state index is 10.9. The van der Waals surface area contributed by atoms with Crippen LogP contribution in [0.3, 0.4) is 0 Å². The summed E-state index contributed by atoms with van der Waals surface area (Å²) in [5.74, 6) is -1.10. The van der Waals surface area contributed by atoms with Crippen molar-refractivity contribution in [2.24, 2.45) is 11.8 Å². The van der Waals surface area contributed by atoms with E-state index in [4.69, 9.17) is 9.84 Å². The molecule has 0 aromatic heterocycles. The van der Waals surface area contributed by atoms with Gasteiger partial charge >= 0.3 is 5.97 Å². The second-order valence-corrected chi connectivity index (χ2v) is 5.17. The van der Waals surface area contributed by atoms with Crippen LogP contribution in [-0.2, 0) is 4.79 Å². The van der Waals surface area contributed by atoms with Crippen LogP contribution in [0.2, 0.25) is 0 Å². The lowest BCUT2D eigenvalue weighted by molar-refractivity contribution is -0.144. The van der Waals surface area contributed by atoms with Crippen molar-refractivity contribution >= 4 is 5.97 Å². The molecular formula is C15H22O4. The van der Waals surface area contributed by atoms with E-state index in [2.05, 4.69) is 0 Å². The predicted octanol–water partition coefficient (Wildman–Crippen LogP) is 2.86. The smallest absolute Gasteiger partial charge is 0.306 e. The van der Waals surface area contributed by atoms with Crippen molar-refractivity contribution in [2.75, 3.05) is 0 Å². The van der Waals surface area contributed by atoms with Crippen molar-refractivity contribution < 1.29 is 19.7 Å². The van der Waals surface area contributed by atoms with Crippen molar-refractivity contribution in [3.63, 3.8) is 0 Å². The van der Waals surface area contributed by atoms with Gasteiger partial charge in [0, 0.05) is 0 Å². The van der Waals surface area contributed by atoms with Crippen LogP contribution in [0.5, 0.6) is 5.75 Å². The third-order valence-corrected chi connectivity index (χ3v) is 3.27. The lowest BCUT2D eigenvalue weighted by Crippen LogP contribution is -2.23. The van der Waals surface area contributed by atoms with E-state index in [9.17, 15) is 9.90 Å². The first-order valence-corrected chi connectivity index (χ1v) is 6.50. The molecule has 0 radical (unpaired) electrons. The summed E-state index contributed by atoms with van der Waals surface area (Å²) >= 11 is 0. The van der Waals surface area contributed by atoms with Gasteiger partial charge in [0.25, 0.3) is 0 Å². The highest BCUT2D eigenvalue weighted by Crippen LogP contribution is 2.29. The summed E-state index contributed by atoms with van der Waals surface area (Å²) < 4.78 is 5.52. The summed E-state index contributed by atoms with van der Waals surface area (Å²) in [6.07, 6.45) is -0.694. The first-order chi connectivity index (χ1) is 8.82. The maximum atomic E-state index is 10.9. The fourth-order valence-electron chi connectivity index (χ4n) is 1.82. The number of rotatable bonds is 6. The zero-order valence-electron chi connectivity index (χ0n) is 11.8. The first-order valence-electron chi connectivity index (χ1n) is 6.50. The average Bonchev–Trinajstić information content (AvgIpc) is 2.36. The van der Waals surface area contributed by atoms with Crippen LogP contribution < -0.4 is 4.74 Å². The number of benzene rings is 1. The SMILES string of the molecule is CC(C)Oc1ccc(C(O)C(C)C(C)C(=O)O)cc1. The van der Waals surface area contributed by atoms with E-state index in [1.54, 1.807) is 38.1 Å². The molecule has 4 nitrogen and oxygen atoms in total. The van der Waals surface area contributed by atoms with Gasteiger partial charge in [0.2, 0.25) is 0 Å². The number of aliphatic hydroxyl groups excluding tert-OH is 1. The number of aliphatic hydroxyl groups is 1. The van der Waals surface area contributed by atoms with Gasteiger partial charge in [-0.15, -0.1) is 0 Å². The largest absolute Gasteiger partial charge is 0.491 e. The van der Waals surface area contributed by atoms with Crippen LogP contribution in [0, 0.1) is 11.8 Å². The molecule has 106 valence electrons. The summed E-state index contributed by atoms with van der Waals surface area (Å²) in [6, 6.07) is 7.12. The third-order valence-electron chi connectivity index (χ3n) is 3.27. The van der Waals surface area contributed by atoms with Gasteiger partial charge in [0.1, 0.15) is 5.75 Å². The van der Waals surface area contributed by atoms with Crippen molar-refractivity contribution in [1.29, 1.82) is 0 Å². The lowest BCUT2D eigenvalue weighted by Gasteiger charge is -2.22. The Labute approximate surface area is 114 Å². The maximum Gasteiger partial charge on any atom is 0.306 e. The molecule has 1 rings (SSSR count). The molecule has 0 amide bonds. The monoisotopic (exact) mass is 266 g/mol. The number of carbonyl (C=O) groups is 1. The molecule has 0 aliphatic rings. The average molecular weight is 266 g/mol. The normalized spacial score (nSPS) is 15.9. The van der Waals surface area contributed by atoms with E-state index in [0.29, 0.717) is 5.56 Å².